The molecule has 1 saturated heterocycles. The quantitative estimate of drug-likeness (QED) is 0.809. The van der Waals surface area contributed by atoms with Crippen molar-refractivity contribution in [3.63, 3.8) is 0 Å². The molecule has 2 aromatic rings. The standard InChI is InChI=1S/C20H26N2O3S/c1-16-15-19(25-2)9-10-20(16)26(23,24)21-12-11-17-5-7-18(8-6-17)22-13-3-4-14-22/h5-10,15,21H,3-4,11-14H2,1-2H3. The molecule has 1 aliphatic heterocycles. The Bertz CT molecular complexity index is 842. The Morgan fingerprint density at radius 2 is 1.77 bits per heavy atom. The normalized spacial score (nSPS) is 14.6. The lowest BCUT2D eigenvalue weighted by Crippen LogP contribution is -2.26. The molecule has 0 amide bonds. The summed E-state index contributed by atoms with van der Waals surface area (Å²) in [5, 5.41) is 0. The molecule has 0 radical (unpaired) electrons. The van der Waals surface area contributed by atoms with Crippen LogP contribution in [0, 0.1) is 6.92 Å². The first-order valence-electron chi connectivity index (χ1n) is 8.98. The molecule has 0 bridgehead atoms. The lowest BCUT2D eigenvalue weighted by atomic mass is 10.1. The second-order valence-corrected chi connectivity index (χ2v) is 8.38. The first-order valence-corrected chi connectivity index (χ1v) is 10.5. The van der Waals surface area contributed by atoms with Gasteiger partial charge in [0.05, 0.1) is 12.0 Å². The zero-order valence-corrected chi connectivity index (χ0v) is 16.2. The van der Waals surface area contributed by atoms with Gasteiger partial charge >= 0.3 is 0 Å². The summed E-state index contributed by atoms with van der Waals surface area (Å²) in [5.74, 6) is 0.652. The van der Waals surface area contributed by atoms with Crippen LogP contribution in [0.15, 0.2) is 47.4 Å². The molecule has 6 heteroatoms. The Kier molecular flexibility index (Phi) is 5.84. The van der Waals surface area contributed by atoms with Crippen molar-refractivity contribution in [2.24, 2.45) is 0 Å². The molecule has 0 atom stereocenters. The Morgan fingerprint density at radius 3 is 2.38 bits per heavy atom. The van der Waals surface area contributed by atoms with E-state index < -0.39 is 10.0 Å². The van der Waals surface area contributed by atoms with Crippen LogP contribution in [0.2, 0.25) is 0 Å². The van der Waals surface area contributed by atoms with Crippen molar-refractivity contribution in [1.29, 1.82) is 0 Å². The van der Waals surface area contributed by atoms with E-state index >= 15 is 0 Å². The van der Waals surface area contributed by atoms with Crippen LogP contribution in [0.4, 0.5) is 5.69 Å². The minimum Gasteiger partial charge on any atom is -0.497 e. The van der Waals surface area contributed by atoms with Crippen LogP contribution in [-0.2, 0) is 16.4 Å². The highest BCUT2D eigenvalue weighted by atomic mass is 32.2. The van der Waals surface area contributed by atoms with Crippen molar-refractivity contribution in [2.45, 2.75) is 31.1 Å². The highest BCUT2D eigenvalue weighted by molar-refractivity contribution is 7.89. The van der Waals surface area contributed by atoms with Gasteiger partial charge in [-0.3, -0.25) is 0 Å². The number of sulfonamides is 1. The Hall–Kier alpha value is -2.05. The molecule has 5 nitrogen and oxygen atoms in total. The Morgan fingerprint density at radius 1 is 1.08 bits per heavy atom. The number of hydrogen-bond donors (Lipinski definition) is 1. The third-order valence-electron chi connectivity index (χ3n) is 4.78. The first kappa shape index (κ1) is 18.7. The minimum atomic E-state index is -3.52. The molecule has 2 aromatic carbocycles. The fraction of sp³-hybridized carbons (Fsp3) is 0.400. The highest BCUT2D eigenvalue weighted by Crippen LogP contribution is 2.22. The summed E-state index contributed by atoms with van der Waals surface area (Å²) in [6.45, 7) is 4.39. The van der Waals surface area contributed by atoms with Crippen LogP contribution in [0.3, 0.4) is 0 Å². The second-order valence-electron chi connectivity index (χ2n) is 6.64. The van der Waals surface area contributed by atoms with Crippen molar-refractivity contribution in [1.82, 2.24) is 4.72 Å². The van der Waals surface area contributed by atoms with Crippen molar-refractivity contribution < 1.29 is 13.2 Å². The van der Waals surface area contributed by atoms with E-state index in [9.17, 15) is 8.42 Å². The summed E-state index contributed by atoms with van der Waals surface area (Å²) in [6.07, 6.45) is 3.18. The van der Waals surface area contributed by atoms with Crippen LogP contribution in [0.1, 0.15) is 24.0 Å². The number of rotatable bonds is 7. The van der Waals surface area contributed by atoms with Gasteiger partial charge in [0, 0.05) is 25.3 Å². The highest BCUT2D eigenvalue weighted by Gasteiger charge is 2.17. The van der Waals surface area contributed by atoms with Crippen molar-refractivity contribution in [3.8, 4) is 5.75 Å². The maximum Gasteiger partial charge on any atom is 0.240 e. The Labute approximate surface area is 156 Å². The molecule has 0 saturated carbocycles. The molecular weight excluding hydrogens is 348 g/mol. The average Bonchev–Trinajstić information content (AvgIpc) is 3.16. The molecule has 0 spiro atoms. The van der Waals surface area contributed by atoms with Crippen molar-refractivity contribution in [2.75, 3.05) is 31.6 Å². The SMILES string of the molecule is COc1ccc(S(=O)(=O)NCCc2ccc(N3CCCC3)cc2)c(C)c1. The summed E-state index contributed by atoms with van der Waals surface area (Å²) in [7, 11) is -1.96. The average molecular weight is 375 g/mol. The van der Waals surface area contributed by atoms with Crippen LogP contribution in [-0.4, -0.2) is 35.2 Å². The molecule has 0 aromatic heterocycles. The number of methoxy groups -OCH3 is 1. The van der Waals surface area contributed by atoms with Gasteiger partial charge < -0.3 is 9.64 Å². The van der Waals surface area contributed by atoms with E-state index in [1.54, 1.807) is 32.2 Å². The van der Waals surface area contributed by atoms with E-state index in [1.807, 2.05) is 0 Å². The van der Waals surface area contributed by atoms with Crippen molar-refractivity contribution in [3.05, 3.63) is 53.6 Å². The summed E-state index contributed by atoms with van der Waals surface area (Å²) >= 11 is 0. The molecule has 140 valence electrons. The maximum atomic E-state index is 12.5. The molecule has 0 aliphatic carbocycles. The van der Waals surface area contributed by atoms with Gasteiger partial charge in [-0.2, -0.15) is 0 Å². The topological polar surface area (TPSA) is 58.6 Å². The van der Waals surface area contributed by atoms with E-state index in [-0.39, 0.29) is 0 Å². The van der Waals surface area contributed by atoms with Crippen molar-refractivity contribution >= 4 is 15.7 Å². The van der Waals surface area contributed by atoms with Gasteiger partial charge in [0.25, 0.3) is 0 Å². The van der Waals surface area contributed by atoms with Gasteiger partial charge in [0.2, 0.25) is 10.0 Å². The number of anilines is 1. The minimum absolute atomic E-state index is 0.294. The largest absolute Gasteiger partial charge is 0.497 e. The van der Waals surface area contributed by atoms with Gasteiger partial charge in [-0.05, 0) is 67.6 Å². The van der Waals surface area contributed by atoms with Gasteiger partial charge in [-0.15, -0.1) is 0 Å². The zero-order valence-electron chi connectivity index (χ0n) is 15.4. The number of aryl methyl sites for hydroxylation is 1. The van der Waals surface area contributed by atoms with E-state index in [0.29, 0.717) is 29.2 Å². The lowest BCUT2D eigenvalue weighted by Gasteiger charge is -2.17. The summed E-state index contributed by atoms with van der Waals surface area (Å²) in [6, 6.07) is 13.4. The second kappa shape index (κ2) is 8.10. The smallest absolute Gasteiger partial charge is 0.240 e. The molecule has 1 N–H and O–H groups in total. The van der Waals surface area contributed by atoms with E-state index in [1.165, 1.54) is 18.5 Å². The molecule has 1 heterocycles. The summed E-state index contributed by atoms with van der Waals surface area (Å²) in [4.78, 5) is 2.68. The molecule has 3 rings (SSSR count). The monoisotopic (exact) mass is 374 g/mol. The van der Waals surface area contributed by atoms with E-state index in [0.717, 1.165) is 18.7 Å². The molecule has 1 fully saturated rings. The predicted octanol–water partition coefficient (Wildman–Crippen LogP) is 3.12. The third kappa shape index (κ3) is 4.37. The van der Waals surface area contributed by atoms with Gasteiger partial charge in [0.15, 0.2) is 0 Å². The van der Waals surface area contributed by atoms with Crippen LogP contribution in [0.25, 0.3) is 0 Å². The Balaban J connectivity index is 1.58. The summed E-state index contributed by atoms with van der Waals surface area (Å²) < 4.78 is 32.8. The molecule has 0 unspecified atom stereocenters. The molecular formula is C20H26N2O3S. The molecule has 26 heavy (non-hydrogen) atoms. The number of benzene rings is 2. The van der Waals surface area contributed by atoms with Gasteiger partial charge in [0.1, 0.15) is 5.75 Å². The summed E-state index contributed by atoms with van der Waals surface area (Å²) in [5.41, 5.74) is 3.05. The molecule has 1 aliphatic rings. The van der Waals surface area contributed by atoms with Crippen LogP contribution in [0.5, 0.6) is 5.75 Å². The maximum absolute atomic E-state index is 12.5. The number of nitrogens with zero attached hydrogens (tertiary/aromatic N) is 1. The lowest BCUT2D eigenvalue weighted by molar-refractivity contribution is 0.414. The van der Waals surface area contributed by atoms with Gasteiger partial charge in [-0.1, -0.05) is 12.1 Å². The van der Waals surface area contributed by atoms with Gasteiger partial charge in [-0.25, -0.2) is 13.1 Å². The zero-order chi connectivity index (χ0) is 18.6. The fourth-order valence-electron chi connectivity index (χ4n) is 3.31. The van der Waals surface area contributed by atoms with E-state index in [2.05, 4.69) is 33.9 Å². The van der Waals surface area contributed by atoms with Crippen LogP contribution >= 0.6 is 0 Å². The third-order valence-corrected chi connectivity index (χ3v) is 6.41. The first-order chi connectivity index (χ1) is 12.5. The number of nitrogens with one attached hydrogen (secondary N) is 1. The van der Waals surface area contributed by atoms with E-state index in [4.69, 9.17) is 4.74 Å². The predicted molar refractivity (Wildman–Crippen MR) is 105 cm³/mol. The fourth-order valence-corrected chi connectivity index (χ4v) is 4.56. The van der Waals surface area contributed by atoms with Crippen LogP contribution < -0.4 is 14.4 Å². The number of hydrogen-bond acceptors (Lipinski definition) is 4. The number of ether oxygens (including phenoxy) is 1.